The summed E-state index contributed by atoms with van der Waals surface area (Å²) in [6.07, 6.45) is 6.70. The van der Waals surface area contributed by atoms with Crippen LogP contribution in [0.2, 0.25) is 0 Å². The van der Waals surface area contributed by atoms with Crippen LogP contribution < -0.4 is 4.74 Å². The molecule has 0 aromatic heterocycles. The van der Waals surface area contributed by atoms with E-state index in [9.17, 15) is 19.6 Å². The zero-order valence-electron chi connectivity index (χ0n) is 20.2. The molecule has 4 fully saturated rings. The maximum Gasteiger partial charge on any atom is 0.173 e. The third kappa shape index (κ3) is 3.75. The molecule has 4 saturated carbocycles. The predicted molar refractivity (Wildman–Crippen MR) is 123 cm³/mol. The number of benzene rings is 1. The van der Waals surface area contributed by atoms with Gasteiger partial charge in [-0.2, -0.15) is 5.26 Å². The standard InChI is InChI=1S/C28H35F2NO3/c1-26(33)11-12-28(30)18(14-26)3-5-20-21-6-7-23(27(21,2)10-9-22(20)28)24(32)16-34-25-8-4-19(29)13-17(25)15-31/h4,8,13,18,20-23,33H,3,5-7,9-12,14,16H2,1-2H3/t18-,20+,21?,22+,23+,26-,27+,28-/m1/s1. The van der Waals surface area contributed by atoms with Crippen LogP contribution >= 0.6 is 0 Å². The van der Waals surface area contributed by atoms with Crippen molar-refractivity contribution in [1.82, 2.24) is 0 Å². The summed E-state index contributed by atoms with van der Waals surface area (Å²) in [7, 11) is 0. The molecule has 0 heterocycles. The Bertz CT molecular complexity index is 1020. The van der Waals surface area contributed by atoms with Crippen molar-refractivity contribution in [1.29, 1.82) is 5.26 Å². The molecular weight excluding hydrogens is 436 g/mol. The number of carbonyl (C=O) groups is 1. The Morgan fingerprint density at radius 1 is 1.15 bits per heavy atom. The molecule has 8 atom stereocenters. The molecule has 0 aliphatic heterocycles. The smallest absolute Gasteiger partial charge is 0.173 e. The molecule has 4 aliphatic carbocycles. The van der Waals surface area contributed by atoms with Crippen LogP contribution in [-0.2, 0) is 4.79 Å². The molecule has 34 heavy (non-hydrogen) atoms. The molecule has 1 unspecified atom stereocenters. The molecular formula is C28H35F2NO3. The highest BCUT2D eigenvalue weighted by Crippen LogP contribution is 2.66. The maximum absolute atomic E-state index is 16.5. The van der Waals surface area contributed by atoms with Crippen LogP contribution in [0.1, 0.15) is 77.2 Å². The SMILES string of the molecule is C[C@@]1(O)CC[C@@]2(F)[C@H](CC[C@H]3C4CC[C@@H](C(=O)COc5ccc(F)cc5C#N)[C@@]4(C)CC[C@@H]32)C1. The summed E-state index contributed by atoms with van der Waals surface area (Å²) < 4.78 is 35.6. The second kappa shape index (κ2) is 8.29. The monoisotopic (exact) mass is 471 g/mol. The molecule has 1 aromatic rings. The van der Waals surface area contributed by atoms with E-state index in [-0.39, 0.29) is 46.9 Å². The Balaban J connectivity index is 1.29. The zero-order valence-corrected chi connectivity index (χ0v) is 20.2. The Hall–Kier alpha value is -2.00. The number of carbonyl (C=O) groups excluding carboxylic acids is 1. The van der Waals surface area contributed by atoms with Crippen LogP contribution in [0, 0.1) is 52.2 Å². The average molecular weight is 472 g/mol. The van der Waals surface area contributed by atoms with E-state index in [1.807, 2.05) is 13.0 Å². The van der Waals surface area contributed by atoms with Crippen LogP contribution in [0.5, 0.6) is 5.75 Å². The topological polar surface area (TPSA) is 70.3 Å². The summed E-state index contributed by atoms with van der Waals surface area (Å²) in [5.41, 5.74) is -2.02. The largest absolute Gasteiger partial charge is 0.484 e. The molecule has 6 heteroatoms. The van der Waals surface area contributed by atoms with E-state index in [0.717, 1.165) is 44.6 Å². The highest BCUT2D eigenvalue weighted by molar-refractivity contribution is 5.83. The van der Waals surface area contributed by atoms with Crippen molar-refractivity contribution >= 4 is 5.78 Å². The summed E-state index contributed by atoms with van der Waals surface area (Å²) in [6, 6.07) is 5.65. The van der Waals surface area contributed by atoms with Crippen molar-refractivity contribution in [3.05, 3.63) is 29.6 Å². The highest BCUT2D eigenvalue weighted by atomic mass is 19.1. The van der Waals surface area contributed by atoms with Gasteiger partial charge >= 0.3 is 0 Å². The van der Waals surface area contributed by atoms with Crippen LogP contribution in [0.4, 0.5) is 8.78 Å². The minimum absolute atomic E-state index is 0.0222. The van der Waals surface area contributed by atoms with Gasteiger partial charge in [-0.3, -0.25) is 4.79 Å². The number of ether oxygens (including phenoxy) is 1. The number of alkyl halides is 1. The fourth-order valence-electron chi connectivity index (χ4n) is 8.47. The molecule has 4 nitrogen and oxygen atoms in total. The number of aliphatic hydroxyl groups is 1. The minimum atomic E-state index is -1.19. The third-order valence-corrected chi connectivity index (χ3v) is 10.1. The van der Waals surface area contributed by atoms with Crippen molar-refractivity contribution in [3.63, 3.8) is 0 Å². The number of ketones is 1. The van der Waals surface area contributed by atoms with Gasteiger partial charge in [0.1, 0.15) is 29.9 Å². The number of hydrogen-bond donors (Lipinski definition) is 1. The molecule has 5 rings (SSSR count). The van der Waals surface area contributed by atoms with Gasteiger partial charge in [-0.15, -0.1) is 0 Å². The van der Waals surface area contributed by atoms with Crippen molar-refractivity contribution in [2.75, 3.05) is 6.61 Å². The quantitative estimate of drug-likeness (QED) is 0.606. The summed E-state index contributed by atoms with van der Waals surface area (Å²) in [6.45, 7) is 3.92. The molecule has 0 radical (unpaired) electrons. The number of rotatable bonds is 4. The number of Topliss-reactive ketones (excluding diaryl/α,β-unsaturated/α-hetero) is 1. The first-order chi connectivity index (χ1) is 16.1. The van der Waals surface area contributed by atoms with Crippen molar-refractivity contribution in [2.24, 2.45) is 35.0 Å². The van der Waals surface area contributed by atoms with Crippen molar-refractivity contribution < 1.29 is 23.4 Å². The summed E-state index contributed by atoms with van der Waals surface area (Å²) >= 11 is 0. The second-order valence-electron chi connectivity index (χ2n) is 12.0. The Kier molecular flexibility index (Phi) is 5.79. The third-order valence-electron chi connectivity index (χ3n) is 10.1. The average Bonchev–Trinajstić information content (AvgIpc) is 3.15. The first-order valence-corrected chi connectivity index (χ1v) is 12.8. The van der Waals surface area contributed by atoms with Crippen LogP contribution in [0.3, 0.4) is 0 Å². The van der Waals surface area contributed by atoms with Gasteiger partial charge in [0.2, 0.25) is 0 Å². The first-order valence-electron chi connectivity index (χ1n) is 12.8. The Morgan fingerprint density at radius 2 is 1.94 bits per heavy atom. The van der Waals surface area contributed by atoms with Crippen molar-refractivity contribution in [3.8, 4) is 11.8 Å². The van der Waals surface area contributed by atoms with Crippen LogP contribution in [0.25, 0.3) is 0 Å². The van der Waals surface area contributed by atoms with Gasteiger partial charge in [0, 0.05) is 5.92 Å². The van der Waals surface area contributed by atoms with Gasteiger partial charge in [-0.25, -0.2) is 8.78 Å². The van der Waals surface area contributed by atoms with E-state index in [1.165, 1.54) is 12.1 Å². The normalized spacial score (nSPS) is 43.2. The number of nitrogens with zero attached hydrogens (tertiary/aromatic N) is 1. The van der Waals surface area contributed by atoms with E-state index in [1.54, 1.807) is 0 Å². The van der Waals surface area contributed by atoms with E-state index >= 15 is 4.39 Å². The van der Waals surface area contributed by atoms with Crippen molar-refractivity contribution in [2.45, 2.75) is 82.9 Å². The minimum Gasteiger partial charge on any atom is -0.484 e. The van der Waals surface area contributed by atoms with E-state index in [4.69, 9.17) is 4.74 Å². The summed E-state index contributed by atoms with van der Waals surface area (Å²) in [5, 5.41) is 19.8. The van der Waals surface area contributed by atoms with Gasteiger partial charge in [-0.1, -0.05) is 6.92 Å². The molecule has 0 saturated heterocycles. The Morgan fingerprint density at radius 3 is 2.71 bits per heavy atom. The van der Waals surface area contributed by atoms with Gasteiger partial charge < -0.3 is 9.84 Å². The van der Waals surface area contributed by atoms with E-state index in [2.05, 4.69) is 6.92 Å². The van der Waals surface area contributed by atoms with Crippen LogP contribution in [0.15, 0.2) is 18.2 Å². The van der Waals surface area contributed by atoms with Gasteiger partial charge in [0.05, 0.1) is 11.2 Å². The van der Waals surface area contributed by atoms with E-state index in [0.29, 0.717) is 31.1 Å². The Labute approximate surface area is 200 Å². The number of hydrogen-bond acceptors (Lipinski definition) is 4. The lowest BCUT2D eigenvalue weighted by molar-refractivity contribution is -0.166. The zero-order chi connectivity index (χ0) is 24.3. The summed E-state index contributed by atoms with van der Waals surface area (Å²) in [5.74, 6) is 0.202. The molecule has 4 aliphatic rings. The van der Waals surface area contributed by atoms with Gasteiger partial charge in [0.25, 0.3) is 0 Å². The lowest BCUT2D eigenvalue weighted by Crippen LogP contribution is -2.58. The number of fused-ring (bicyclic) bond motifs is 5. The highest BCUT2D eigenvalue weighted by Gasteiger charge is 2.63. The molecule has 1 aromatic carbocycles. The van der Waals surface area contributed by atoms with Gasteiger partial charge in [0.15, 0.2) is 5.78 Å². The second-order valence-corrected chi connectivity index (χ2v) is 12.0. The first kappa shape index (κ1) is 23.7. The molecule has 0 bridgehead atoms. The fraction of sp³-hybridized carbons (Fsp3) is 0.714. The van der Waals surface area contributed by atoms with Crippen LogP contribution in [-0.4, -0.2) is 28.8 Å². The molecule has 0 spiro atoms. The predicted octanol–water partition coefficient (Wildman–Crippen LogP) is 5.76. The van der Waals surface area contributed by atoms with E-state index < -0.39 is 17.1 Å². The molecule has 0 amide bonds. The lowest BCUT2D eigenvalue weighted by atomic mass is 9.48. The van der Waals surface area contributed by atoms with Gasteiger partial charge in [-0.05, 0) is 112 Å². The fourth-order valence-corrected chi connectivity index (χ4v) is 8.47. The molecule has 184 valence electrons. The number of nitriles is 1. The maximum atomic E-state index is 16.5. The lowest BCUT2D eigenvalue weighted by Gasteiger charge is -2.59. The summed E-state index contributed by atoms with van der Waals surface area (Å²) in [4.78, 5) is 13.3. The molecule has 1 N–H and O–H groups in total. The number of halogens is 2.